The Bertz CT molecular complexity index is 221. The molecule has 0 saturated carbocycles. The topological polar surface area (TPSA) is 38.9 Å². The molecule has 1 heterocycles. The smallest absolute Gasteiger partial charge is 0.0434 e. The molecule has 1 aromatic heterocycles. The first kappa shape index (κ1) is 10.2. The zero-order valence-corrected chi connectivity index (χ0v) is 8.24. The highest BCUT2D eigenvalue weighted by molar-refractivity contribution is 5.08. The van der Waals surface area contributed by atoms with Crippen molar-refractivity contribution in [2.75, 3.05) is 6.54 Å². The molecular weight excluding hydrogens is 160 g/mol. The first-order valence-electron chi connectivity index (χ1n) is 4.99. The molecule has 2 N–H and O–H groups in total. The summed E-state index contributed by atoms with van der Waals surface area (Å²) in [7, 11) is 0. The minimum Gasteiger partial charge on any atom is -0.330 e. The zero-order chi connectivity index (χ0) is 9.52. The first-order chi connectivity index (χ1) is 6.38. The van der Waals surface area contributed by atoms with Crippen LogP contribution in [-0.4, -0.2) is 11.5 Å². The molecule has 0 aliphatic heterocycles. The van der Waals surface area contributed by atoms with Crippen molar-refractivity contribution in [1.82, 2.24) is 4.98 Å². The second kappa shape index (κ2) is 5.70. The average Bonchev–Trinajstić information content (AvgIpc) is 2.21. The molecule has 1 rings (SSSR count). The summed E-state index contributed by atoms with van der Waals surface area (Å²) >= 11 is 0. The Morgan fingerprint density at radius 3 is 2.85 bits per heavy atom. The van der Waals surface area contributed by atoms with E-state index in [0.717, 1.165) is 25.8 Å². The number of rotatable bonds is 5. The predicted octanol–water partition coefficient (Wildman–Crippen LogP) is 2.31. The van der Waals surface area contributed by atoms with E-state index in [0.29, 0.717) is 5.92 Å². The van der Waals surface area contributed by atoms with Crippen molar-refractivity contribution in [2.45, 2.75) is 32.1 Å². The largest absolute Gasteiger partial charge is 0.330 e. The van der Waals surface area contributed by atoms with Crippen molar-refractivity contribution in [2.24, 2.45) is 5.73 Å². The Morgan fingerprint density at radius 2 is 2.31 bits per heavy atom. The Kier molecular flexibility index (Phi) is 4.47. The molecule has 2 heteroatoms. The van der Waals surface area contributed by atoms with E-state index in [9.17, 15) is 0 Å². The Hall–Kier alpha value is -0.890. The lowest BCUT2D eigenvalue weighted by Gasteiger charge is -2.12. The zero-order valence-electron chi connectivity index (χ0n) is 8.24. The maximum absolute atomic E-state index is 5.49. The Balaban J connectivity index is 2.56. The van der Waals surface area contributed by atoms with Crippen LogP contribution in [0.5, 0.6) is 0 Å². The maximum Gasteiger partial charge on any atom is 0.0434 e. The third kappa shape index (κ3) is 3.15. The van der Waals surface area contributed by atoms with Gasteiger partial charge in [0.2, 0.25) is 0 Å². The van der Waals surface area contributed by atoms with Crippen LogP contribution in [0.3, 0.4) is 0 Å². The van der Waals surface area contributed by atoms with E-state index >= 15 is 0 Å². The SMILES string of the molecule is CCC(CCCN)c1ccccn1. The molecule has 0 aliphatic carbocycles. The number of hydrogen-bond acceptors (Lipinski definition) is 2. The van der Waals surface area contributed by atoms with Gasteiger partial charge in [0.05, 0.1) is 0 Å². The number of aromatic nitrogens is 1. The molecule has 0 aromatic carbocycles. The number of nitrogens with zero attached hydrogens (tertiary/aromatic N) is 1. The van der Waals surface area contributed by atoms with Crippen LogP contribution < -0.4 is 5.73 Å². The Labute approximate surface area is 80.2 Å². The fraction of sp³-hybridized carbons (Fsp3) is 0.545. The lowest BCUT2D eigenvalue weighted by atomic mass is 9.96. The number of nitrogens with two attached hydrogens (primary N) is 1. The van der Waals surface area contributed by atoms with Crippen LogP contribution in [0.25, 0.3) is 0 Å². The van der Waals surface area contributed by atoms with Gasteiger partial charge in [-0.25, -0.2) is 0 Å². The quantitative estimate of drug-likeness (QED) is 0.751. The van der Waals surface area contributed by atoms with E-state index in [-0.39, 0.29) is 0 Å². The monoisotopic (exact) mass is 178 g/mol. The van der Waals surface area contributed by atoms with Gasteiger partial charge in [-0.1, -0.05) is 13.0 Å². The molecule has 0 saturated heterocycles. The lowest BCUT2D eigenvalue weighted by molar-refractivity contribution is 0.568. The molecule has 2 nitrogen and oxygen atoms in total. The third-order valence-electron chi connectivity index (χ3n) is 2.36. The van der Waals surface area contributed by atoms with Gasteiger partial charge < -0.3 is 5.73 Å². The number of pyridine rings is 1. The van der Waals surface area contributed by atoms with Crippen molar-refractivity contribution in [3.05, 3.63) is 30.1 Å². The lowest BCUT2D eigenvalue weighted by Crippen LogP contribution is -2.04. The van der Waals surface area contributed by atoms with Gasteiger partial charge in [0.25, 0.3) is 0 Å². The van der Waals surface area contributed by atoms with Crippen LogP contribution in [0.15, 0.2) is 24.4 Å². The summed E-state index contributed by atoms with van der Waals surface area (Å²) in [5.41, 5.74) is 6.70. The molecule has 0 fully saturated rings. The fourth-order valence-electron chi connectivity index (χ4n) is 1.54. The molecule has 0 spiro atoms. The average molecular weight is 178 g/mol. The van der Waals surface area contributed by atoms with Gasteiger partial charge in [0.1, 0.15) is 0 Å². The summed E-state index contributed by atoms with van der Waals surface area (Å²) in [6, 6.07) is 6.11. The summed E-state index contributed by atoms with van der Waals surface area (Å²) in [5.74, 6) is 0.588. The highest BCUT2D eigenvalue weighted by Crippen LogP contribution is 2.21. The minimum absolute atomic E-state index is 0.588. The summed E-state index contributed by atoms with van der Waals surface area (Å²) in [5, 5.41) is 0. The van der Waals surface area contributed by atoms with Crippen LogP contribution in [-0.2, 0) is 0 Å². The van der Waals surface area contributed by atoms with E-state index in [1.165, 1.54) is 5.69 Å². The second-order valence-corrected chi connectivity index (χ2v) is 3.29. The van der Waals surface area contributed by atoms with Crippen molar-refractivity contribution in [3.8, 4) is 0 Å². The second-order valence-electron chi connectivity index (χ2n) is 3.29. The van der Waals surface area contributed by atoms with E-state index < -0.39 is 0 Å². The summed E-state index contributed by atoms with van der Waals surface area (Å²) in [6.07, 6.45) is 5.26. The molecule has 0 amide bonds. The fourth-order valence-corrected chi connectivity index (χ4v) is 1.54. The summed E-state index contributed by atoms with van der Waals surface area (Å²) < 4.78 is 0. The van der Waals surface area contributed by atoms with Crippen LogP contribution in [0.1, 0.15) is 37.8 Å². The Morgan fingerprint density at radius 1 is 1.46 bits per heavy atom. The van der Waals surface area contributed by atoms with Crippen molar-refractivity contribution >= 4 is 0 Å². The van der Waals surface area contributed by atoms with Gasteiger partial charge in [-0.15, -0.1) is 0 Å². The van der Waals surface area contributed by atoms with Crippen molar-refractivity contribution in [3.63, 3.8) is 0 Å². The molecule has 0 radical (unpaired) electrons. The molecule has 0 bridgehead atoms. The van der Waals surface area contributed by atoms with E-state index in [1.807, 2.05) is 18.3 Å². The molecule has 72 valence electrons. The molecule has 1 aromatic rings. The van der Waals surface area contributed by atoms with Gasteiger partial charge in [-0.2, -0.15) is 0 Å². The van der Waals surface area contributed by atoms with Gasteiger partial charge >= 0.3 is 0 Å². The van der Waals surface area contributed by atoms with Crippen LogP contribution in [0.2, 0.25) is 0 Å². The van der Waals surface area contributed by atoms with E-state index in [4.69, 9.17) is 5.73 Å². The van der Waals surface area contributed by atoms with Crippen molar-refractivity contribution < 1.29 is 0 Å². The number of hydrogen-bond donors (Lipinski definition) is 1. The van der Waals surface area contributed by atoms with Gasteiger partial charge in [0, 0.05) is 17.8 Å². The molecule has 13 heavy (non-hydrogen) atoms. The molecule has 0 aliphatic rings. The van der Waals surface area contributed by atoms with Crippen molar-refractivity contribution in [1.29, 1.82) is 0 Å². The first-order valence-corrected chi connectivity index (χ1v) is 4.99. The van der Waals surface area contributed by atoms with Gasteiger partial charge in [-0.05, 0) is 37.9 Å². The summed E-state index contributed by atoms with van der Waals surface area (Å²) in [4.78, 5) is 4.36. The van der Waals surface area contributed by atoms with Crippen LogP contribution >= 0.6 is 0 Å². The summed E-state index contributed by atoms with van der Waals surface area (Å²) in [6.45, 7) is 2.99. The highest BCUT2D eigenvalue weighted by Gasteiger charge is 2.08. The van der Waals surface area contributed by atoms with Gasteiger partial charge in [-0.3, -0.25) is 4.98 Å². The van der Waals surface area contributed by atoms with Gasteiger partial charge in [0.15, 0.2) is 0 Å². The molecule has 1 atom stereocenters. The van der Waals surface area contributed by atoms with Crippen LogP contribution in [0, 0.1) is 0 Å². The maximum atomic E-state index is 5.49. The standard InChI is InChI=1S/C11H18N2/c1-2-10(6-5-8-12)11-7-3-4-9-13-11/h3-4,7,9-10H,2,5-6,8,12H2,1H3. The minimum atomic E-state index is 0.588. The third-order valence-corrected chi connectivity index (χ3v) is 2.36. The molecular formula is C11H18N2. The van der Waals surface area contributed by atoms with E-state index in [2.05, 4.69) is 18.0 Å². The highest BCUT2D eigenvalue weighted by atomic mass is 14.7. The molecule has 1 unspecified atom stereocenters. The predicted molar refractivity (Wildman–Crippen MR) is 55.6 cm³/mol. The normalized spacial score (nSPS) is 12.8. The van der Waals surface area contributed by atoms with E-state index in [1.54, 1.807) is 0 Å². The van der Waals surface area contributed by atoms with Crippen LogP contribution in [0.4, 0.5) is 0 Å².